The van der Waals surface area contributed by atoms with Gasteiger partial charge >= 0.3 is 0 Å². The van der Waals surface area contributed by atoms with Crippen molar-refractivity contribution in [2.24, 2.45) is 17.8 Å². The van der Waals surface area contributed by atoms with E-state index in [4.69, 9.17) is 4.98 Å². The number of nitrogens with zero attached hydrogens (tertiary/aromatic N) is 3. The number of fused-ring (bicyclic) bond motifs is 8. The lowest BCUT2D eigenvalue weighted by atomic mass is 9.75. The summed E-state index contributed by atoms with van der Waals surface area (Å²) in [6, 6.07) is 21.1. The Bertz CT molecular complexity index is 1810. The first-order chi connectivity index (χ1) is 19.2. The number of benzene rings is 3. The zero-order valence-corrected chi connectivity index (χ0v) is 22.2. The van der Waals surface area contributed by atoms with E-state index in [1.54, 1.807) is 41.0 Å². The maximum absolute atomic E-state index is 14.4. The monoisotopic (exact) mass is 533 g/mol. The molecule has 2 saturated heterocycles. The zero-order chi connectivity index (χ0) is 27.9. The molecule has 4 heterocycles. The number of imide groups is 1. The first-order valence-electron chi connectivity index (χ1n) is 13.4. The lowest BCUT2D eigenvalue weighted by Gasteiger charge is -2.32. The van der Waals surface area contributed by atoms with Crippen molar-refractivity contribution in [3.05, 3.63) is 94.5 Å². The Morgan fingerprint density at radius 1 is 0.950 bits per heavy atom. The van der Waals surface area contributed by atoms with Crippen LogP contribution < -0.4 is 21.1 Å². The molecule has 0 radical (unpaired) electrons. The molecule has 9 heteroatoms. The van der Waals surface area contributed by atoms with E-state index >= 15 is 0 Å². The number of anilines is 2. The molecule has 200 valence electrons. The lowest BCUT2D eigenvalue weighted by molar-refractivity contribution is -0.123. The van der Waals surface area contributed by atoms with E-state index in [-0.39, 0.29) is 35.2 Å². The van der Waals surface area contributed by atoms with E-state index in [2.05, 4.69) is 10.6 Å². The van der Waals surface area contributed by atoms with Gasteiger partial charge in [0.2, 0.25) is 17.7 Å². The molecule has 4 aromatic rings. The summed E-state index contributed by atoms with van der Waals surface area (Å²) in [7, 11) is 0. The minimum atomic E-state index is -1.17. The summed E-state index contributed by atoms with van der Waals surface area (Å²) in [5.74, 6) is -1.88. The smallest absolute Gasteiger partial charge is 0.266 e. The molecule has 0 saturated carbocycles. The molecule has 3 aromatic carbocycles. The van der Waals surface area contributed by atoms with Crippen LogP contribution in [-0.2, 0) is 19.9 Å². The van der Waals surface area contributed by atoms with Gasteiger partial charge in [0.1, 0.15) is 11.4 Å². The molecule has 3 aliphatic rings. The summed E-state index contributed by atoms with van der Waals surface area (Å²) in [4.78, 5) is 60.2. The molecule has 3 amide bonds. The summed E-state index contributed by atoms with van der Waals surface area (Å²) >= 11 is 0. The minimum absolute atomic E-state index is 0.0131. The Kier molecular flexibility index (Phi) is 5.15. The van der Waals surface area contributed by atoms with Crippen molar-refractivity contribution in [3.63, 3.8) is 0 Å². The van der Waals surface area contributed by atoms with E-state index in [0.717, 1.165) is 5.56 Å². The van der Waals surface area contributed by atoms with Gasteiger partial charge in [-0.05, 0) is 48.4 Å². The Morgan fingerprint density at radius 2 is 1.65 bits per heavy atom. The highest BCUT2D eigenvalue weighted by molar-refractivity contribution is 6.23. The van der Waals surface area contributed by atoms with Gasteiger partial charge < -0.3 is 5.32 Å². The number of aromatic nitrogens is 2. The molecule has 0 aliphatic carbocycles. The quantitative estimate of drug-likeness (QED) is 0.391. The SMILES string of the molecule is CC(=O)Nc1ccc(N2C(=O)[C@H]3[C@@H](C(C)C)N[C@@]4(c5ccccc5-n5c4nc4ccccc4c5=O)[C@H]3C2=O)cc1. The molecular weight excluding hydrogens is 506 g/mol. The van der Waals surface area contributed by atoms with E-state index in [1.165, 1.54) is 11.8 Å². The second-order valence-electron chi connectivity index (χ2n) is 11.1. The van der Waals surface area contributed by atoms with E-state index in [9.17, 15) is 19.2 Å². The average molecular weight is 534 g/mol. The zero-order valence-electron chi connectivity index (χ0n) is 22.2. The van der Waals surface area contributed by atoms with Crippen LogP contribution in [0.15, 0.2) is 77.6 Å². The van der Waals surface area contributed by atoms with Gasteiger partial charge in [-0.15, -0.1) is 0 Å². The third kappa shape index (κ3) is 3.09. The average Bonchev–Trinajstić information content (AvgIpc) is 3.53. The second kappa shape index (κ2) is 8.43. The molecule has 9 nitrogen and oxygen atoms in total. The van der Waals surface area contributed by atoms with Crippen LogP contribution in [0.5, 0.6) is 0 Å². The third-order valence-corrected chi connectivity index (χ3v) is 8.46. The van der Waals surface area contributed by atoms with Crippen molar-refractivity contribution < 1.29 is 14.4 Å². The first-order valence-corrected chi connectivity index (χ1v) is 13.4. The molecule has 3 aliphatic heterocycles. The Hall–Kier alpha value is -4.63. The van der Waals surface area contributed by atoms with Gasteiger partial charge in [0.05, 0.1) is 34.1 Å². The number of hydrogen-bond acceptors (Lipinski definition) is 6. The summed E-state index contributed by atoms with van der Waals surface area (Å²) in [6.45, 7) is 5.47. The number of rotatable bonds is 3. The van der Waals surface area contributed by atoms with Crippen LogP contribution in [0.4, 0.5) is 11.4 Å². The van der Waals surface area contributed by atoms with Crippen LogP contribution in [0.3, 0.4) is 0 Å². The number of carbonyl (C=O) groups excluding carboxylic acids is 3. The van der Waals surface area contributed by atoms with Gasteiger partial charge in [-0.3, -0.25) is 29.1 Å². The molecule has 40 heavy (non-hydrogen) atoms. The molecule has 1 spiro atoms. The number of amides is 3. The molecule has 1 aromatic heterocycles. The van der Waals surface area contributed by atoms with Crippen molar-refractivity contribution in [2.45, 2.75) is 32.4 Å². The maximum Gasteiger partial charge on any atom is 0.266 e. The van der Waals surface area contributed by atoms with Gasteiger partial charge in [-0.1, -0.05) is 44.2 Å². The highest BCUT2D eigenvalue weighted by Crippen LogP contribution is 2.56. The topological polar surface area (TPSA) is 113 Å². The van der Waals surface area contributed by atoms with Gasteiger partial charge in [0.15, 0.2) is 0 Å². The number of hydrogen-bond donors (Lipinski definition) is 2. The number of carbonyl (C=O) groups is 3. The molecular formula is C31H27N5O4. The van der Waals surface area contributed by atoms with Gasteiger partial charge in [-0.2, -0.15) is 0 Å². The van der Waals surface area contributed by atoms with Crippen LogP contribution in [0.2, 0.25) is 0 Å². The van der Waals surface area contributed by atoms with Crippen LogP contribution in [0.25, 0.3) is 16.6 Å². The Balaban J connectivity index is 1.45. The summed E-state index contributed by atoms with van der Waals surface area (Å²) in [5, 5.41) is 6.90. The van der Waals surface area contributed by atoms with Crippen molar-refractivity contribution in [1.29, 1.82) is 0 Å². The fourth-order valence-corrected chi connectivity index (χ4v) is 6.88. The van der Waals surface area contributed by atoms with Crippen molar-refractivity contribution >= 4 is 40.0 Å². The standard InChI is InChI=1S/C31H27N5O4/c1-16(2)26-24-25(29(40)35(28(24)39)19-14-12-18(13-15-19)32-17(3)37)31(34-26)21-9-5-7-11-23(21)36-27(38)20-8-4-6-10-22(20)33-30(31)36/h4-16,24-26,34H,1-3H3,(H,32,37)/t24-,25-,26-,31+/m1/s1. The lowest BCUT2D eigenvalue weighted by Crippen LogP contribution is -2.51. The number of nitrogens with one attached hydrogen (secondary N) is 2. The molecule has 2 fully saturated rings. The summed E-state index contributed by atoms with van der Waals surface area (Å²) in [5.41, 5.74) is 1.59. The second-order valence-corrected chi connectivity index (χ2v) is 11.1. The molecule has 0 bridgehead atoms. The van der Waals surface area contributed by atoms with Crippen molar-refractivity contribution in [1.82, 2.24) is 14.9 Å². The van der Waals surface area contributed by atoms with Crippen LogP contribution in [0, 0.1) is 17.8 Å². The van der Waals surface area contributed by atoms with E-state index < -0.39 is 17.4 Å². The van der Waals surface area contributed by atoms with Crippen LogP contribution in [0.1, 0.15) is 32.2 Å². The van der Waals surface area contributed by atoms with Crippen molar-refractivity contribution in [3.8, 4) is 5.69 Å². The minimum Gasteiger partial charge on any atom is -0.326 e. The Labute approximate surface area is 229 Å². The molecule has 7 rings (SSSR count). The normalized spacial score (nSPS) is 24.6. The largest absolute Gasteiger partial charge is 0.326 e. The molecule has 0 unspecified atom stereocenters. The maximum atomic E-state index is 14.4. The van der Waals surface area contributed by atoms with Gasteiger partial charge in [0, 0.05) is 24.2 Å². The first kappa shape index (κ1) is 24.4. The van der Waals surface area contributed by atoms with Crippen LogP contribution >= 0.6 is 0 Å². The molecule has 4 atom stereocenters. The highest BCUT2D eigenvalue weighted by atomic mass is 16.2. The fraction of sp³-hybridized carbons (Fsp3) is 0.258. The van der Waals surface area contributed by atoms with Crippen molar-refractivity contribution in [2.75, 3.05) is 10.2 Å². The number of para-hydroxylation sites is 2. The van der Waals surface area contributed by atoms with Crippen LogP contribution in [-0.4, -0.2) is 33.3 Å². The predicted molar refractivity (Wildman–Crippen MR) is 150 cm³/mol. The fourth-order valence-electron chi connectivity index (χ4n) is 6.88. The summed E-state index contributed by atoms with van der Waals surface area (Å²) in [6.07, 6.45) is 0. The Morgan fingerprint density at radius 3 is 2.38 bits per heavy atom. The highest BCUT2D eigenvalue weighted by Gasteiger charge is 2.70. The van der Waals surface area contributed by atoms with Gasteiger partial charge in [-0.25, -0.2) is 9.88 Å². The predicted octanol–water partition coefficient (Wildman–Crippen LogP) is 3.33. The van der Waals surface area contributed by atoms with E-state index in [1.807, 2.05) is 50.2 Å². The van der Waals surface area contributed by atoms with Gasteiger partial charge in [0.25, 0.3) is 5.56 Å². The summed E-state index contributed by atoms with van der Waals surface area (Å²) < 4.78 is 1.60. The third-order valence-electron chi connectivity index (χ3n) is 8.46. The molecule has 2 N–H and O–H groups in total. The van der Waals surface area contributed by atoms with E-state index in [0.29, 0.717) is 33.8 Å².